The molecule has 0 saturated carbocycles. The van der Waals surface area contributed by atoms with Gasteiger partial charge in [-0.15, -0.1) is 0 Å². The molecule has 0 aliphatic carbocycles. The summed E-state index contributed by atoms with van der Waals surface area (Å²) >= 11 is 0. The van der Waals surface area contributed by atoms with Gasteiger partial charge in [0.1, 0.15) is 11.6 Å². The minimum atomic E-state index is -0.385. The van der Waals surface area contributed by atoms with Crippen molar-refractivity contribution in [1.82, 2.24) is 4.90 Å². The highest BCUT2D eigenvalue weighted by molar-refractivity contribution is 6.03. The van der Waals surface area contributed by atoms with E-state index in [0.717, 1.165) is 24.9 Å². The van der Waals surface area contributed by atoms with Crippen LogP contribution in [-0.4, -0.2) is 29.3 Å². The van der Waals surface area contributed by atoms with E-state index in [1.165, 1.54) is 12.1 Å². The number of likely N-dealkylation sites (tertiary alicyclic amines) is 1. The molecule has 2 amide bonds. The largest absolute Gasteiger partial charge is 0.451 e. The summed E-state index contributed by atoms with van der Waals surface area (Å²) in [7, 11) is 0. The summed E-state index contributed by atoms with van der Waals surface area (Å²) in [6, 6.07) is 16.3. The van der Waals surface area contributed by atoms with E-state index in [1.807, 2.05) is 29.2 Å². The molecule has 3 N–H and O–H groups in total. The van der Waals surface area contributed by atoms with E-state index >= 15 is 0 Å². The maximum atomic E-state index is 13.1. The van der Waals surface area contributed by atoms with E-state index in [1.54, 1.807) is 24.3 Å². The van der Waals surface area contributed by atoms with Crippen LogP contribution in [0.25, 0.3) is 11.3 Å². The first kappa shape index (κ1) is 19.8. The molecule has 1 aliphatic heterocycles. The van der Waals surface area contributed by atoms with Crippen LogP contribution in [0, 0.1) is 5.82 Å². The number of nitrogens with one attached hydrogen (secondary N) is 1. The van der Waals surface area contributed by atoms with Gasteiger partial charge < -0.3 is 15.5 Å². The molecule has 1 fully saturated rings. The van der Waals surface area contributed by atoms with Gasteiger partial charge in [-0.25, -0.2) is 4.39 Å². The van der Waals surface area contributed by atoms with Crippen molar-refractivity contribution < 1.29 is 18.4 Å². The number of hydrogen-bond acceptors (Lipinski definition) is 4. The highest BCUT2D eigenvalue weighted by Gasteiger charge is 2.29. The Bertz CT molecular complexity index is 1060. The van der Waals surface area contributed by atoms with Gasteiger partial charge in [0.05, 0.1) is 6.04 Å². The van der Waals surface area contributed by atoms with Crippen molar-refractivity contribution in [3.63, 3.8) is 0 Å². The number of anilines is 1. The predicted octanol–water partition coefficient (Wildman–Crippen LogP) is 3.79. The number of amides is 2. The average molecular weight is 407 g/mol. The molecule has 154 valence electrons. The number of hydrogen-bond donors (Lipinski definition) is 2. The number of nitrogens with zero attached hydrogens (tertiary/aromatic N) is 1. The number of halogens is 1. The van der Waals surface area contributed by atoms with Crippen LogP contribution in [0.2, 0.25) is 0 Å². The highest BCUT2D eigenvalue weighted by atomic mass is 19.1. The number of benzene rings is 2. The van der Waals surface area contributed by atoms with Crippen LogP contribution in [0.4, 0.5) is 10.1 Å². The Morgan fingerprint density at radius 2 is 1.87 bits per heavy atom. The first-order valence-electron chi connectivity index (χ1n) is 9.79. The van der Waals surface area contributed by atoms with Crippen molar-refractivity contribution in [2.24, 2.45) is 5.73 Å². The molecule has 3 aromatic rings. The van der Waals surface area contributed by atoms with E-state index in [0.29, 0.717) is 23.6 Å². The SMILES string of the molecule is NC(=O)C1CCCN1Cc1ccccc1NC(=O)c1ccc(-c2ccc(F)cc2)o1. The highest BCUT2D eigenvalue weighted by Crippen LogP contribution is 2.26. The Balaban J connectivity index is 1.49. The van der Waals surface area contributed by atoms with Gasteiger partial charge in [-0.2, -0.15) is 0 Å². The molecule has 1 atom stereocenters. The maximum Gasteiger partial charge on any atom is 0.291 e. The Labute approximate surface area is 173 Å². The first-order valence-corrected chi connectivity index (χ1v) is 9.79. The lowest BCUT2D eigenvalue weighted by atomic mass is 10.1. The lowest BCUT2D eigenvalue weighted by Gasteiger charge is -2.23. The van der Waals surface area contributed by atoms with Gasteiger partial charge in [0.15, 0.2) is 5.76 Å². The summed E-state index contributed by atoms with van der Waals surface area (Å²) in [6.07, 6.45) is 1.67. The molecule has 2 heterocycles. The minimum Gasteiger partial charge on any atom is -0.451 e. The zero-order valence-corrected chi connectivity index (χ0v) is 16.3. The topological polar surface area (TPSA) is 88.6 Å². The Hall–Kier alpha value is -3.45. The third-order valence-electron chi connectivity index (χ3n) is 5.29. The van der Waals surface area contributed by atoms with Gasteiger partial charge in [-0.1, -0.05) is 18.2 Å². The molecule has 7 heteroatoms. The Kier molecular flexibility index (Phi) is 5.63. The lowest BCUT2D eigenvalue weighted by molar-refractivity contribution is -0.122. The summed E-state index contributed by atoms with van der Waals surface area (Å²) in [5.41, 5.74) is 7.74. The van der Waals surface area contributed by atoms with Crippen LogP contribution >= 0.6 is 0 Å². The van der Waals surface area contributed by atoms with Crippen LogP contribution in [0.5, 0.6) is 0 Å². The standard InChI is InChI=1S/C23H22FN3O3/c24-17-9-7-15(8-10-17)20-11-12-21(30-20)23(29)26-18-5-2-1-4-16(18)14-27-13-3-6-19(27)22(25)28/h1-2,4-5,7-12,19H,3,6,13-14H2,(H2,25,28)(H,26,29). The minimum absolute atomic E-state index is 0.153. The van der Waals surface area contributed by atoms with Crippen LogP contribution in [0.15, 0.2) is 65.1 Å². The van der Waals surface area contributed by atoms with Gasteiger partial charge >= 0.3 is 0 Å². The molecule has 1 saturated heterocycles. The van der Waals surface area contributed by atoms with Crippen molar-refractivity contribution in [2.45, 2.75) is 25.4 Å². The van der Waals surface area contributed by atoms with Crippen LogP contribution in [0.3, 0.4) is 0 Å². The molecule has 6 nitrogen and oxygen atoms in total. The summed E-state index contributed by atoms with van der Waals surface area (Å²) < 4.78 is 18.8. The second-order valence-electron chi connectivity index (χ2n) is 7.31. The molecule has 1 aliphatic rings. The number of furan rings is 1. The van der Waals surface area contributed by atoms with Gasteiger partial charge in [0.2, 0.25) is 5.91 Å². The second-order valence-corrected chi connectivity index (χ2v) is 7.31. The third kappa shape index (κ3) is 4.26. The number of carbonyl (C=O) groups is 2. The van der Waals surface area contributed by atoms with Crippen molar-refractivity contribution in [2.75, 3.05) is 11.9 Å². The quantitative estimate of drug-likeness (QED) is 0.651. The lowest BCUT2D eigenvalue weighted by Crippen LogP contribution is -2.39. The fraction of sp³-hybridized carbons (Fsp3) is 0.217. The number of nitrogens with two attached hydrogens (primary N) is 1. The third-order valence-corrected chi connectivity index (χ3v) is 5.29. The van der Waals surface area contributed by atoms with E-state index in [-0.39, 0.29) is 29.4 Å². The predicted molar refractivity (Wildman–Crippen MR) is 111 cm³/mol. The zero-order valence-electron chi connectivity index (χ0n) is 16.3. The molecule has 1 aromatic heterocycles. The molecule has 1 unspecified atom stereocenters. The van der Waals surface area contributed by atoms with Gasteiger partial charge in [-0.05, 0) is 67.4 Å². The molecule has 30 heavy (non-hydrogen) atoms. The normalized spacial score (nSPS) is 16.5. The van der Waals surface area contributed by atoms with Gasteiger partial charge in [0.25, 0.3) is 5.91 Å². The monoisotopic (exact) mass is 407 g/mol. The van der Waals surface area contributed by atoms with Crippen molar-refractivity contribution >= 4 is 17.5 Å². The average Bonchev–Trinajstić information content (AvgIpc) is 3.40. The molecule has 0 radical (unpaired) electrons. The Morgan fingerprint density at radius 3 is 2.63 bits per heavy atom. The summed E-state index contributed by atoms with van der Waals surface area (Å²) in [4.78, 5) is 26.4. The molecule has 4 rings (SSSR count). The molecular formula is C23H22FN3O3. The zero-order chi connectivity index (χ0) is 21.1. The van der Waals surface area contributed by atoms with E-state index < -0.39 is 0 Å². The number of para-hydroxylation sites is 1. The number of rotatable bonds is 6. The second kappa shape index (κ2) is 8.51. The van der Waals surface area contributed by atoms with Crippen molar-refractivity contribution in [3.8, 4) is 11.3 Å². The van der Waals surface area contributed by atoms with Crippen LogP contribution < -0.4 is 11.1 Å². The fourth-order valence-electron chi connectivity index (χ4n) is 3.75. The summed E-state index contributed by atoms with van der Waals surface area (Å²) in [6.45, 7) is 1.30. The molecular weight excluding hydrogens is 385 g/mol. The number of carbonyl (C=O) groups excluding carboxylic acids is 2. The molecule has 2 aromatic carbocycles. The molecule has 0 spiro atoms. The van der Waals surface area contributed by atoms with Crippen LogP contribution in [0.1, 0.15) is 29.0 Å². The van der Waals surface area contributed by atoms with Gasteiger partial charge in [0, 0.05) is 17.8 Å². The smallest absolute Gasteiger partial charge is 0.291 e. The number of primary amides is 1. The van der Waals surface area contributed by atoms with Crippen molar-refractivity contribution in [1.29, 1.82) is 0 Å². The first-order chi connectivity index (χ1) is 14.5. The van der Waals surface area contributed by atoms with E-state index in [9.17, 15) is 14.0 Å². The fourth-order valence-corrected chi connectivity index (χ4v) is 3.75. The summed E-state index contributed by atoms with van der Waals surface area (Å²) in [5, 5.41) is 2.88. The Morgan fingerprint density at radius 1 is 1.10 bits per heavy atom. The maximum absolute atomic E-state index is 13.1. The summed E-state index contributed by atoms with van der Waals surface area (Å²) in [5.74, 6) is -0.409. The van der Waals surface area contributed by atoms with E-state index in [4.69, 9.17) is 10.2 Å². The van der Waals surface area contributed by atoms with Gasteiger partial charge in [-0.3, -0.25) is 14.5 Å². The van der Waals surface area contributed by atoms with Crippen molar-refractivity contribution in [3.05, 3.63) is 77.8 Å². The van der Waals surface area contributed by atoms with E-state index in [2.05, 4.69) is 5.32 Å². The molecule has 0 bridgehead atoms. The van der Waals surface area contributed by atoms with Crippen LogP contribution in [-0.2, 0) is 11.3 Å².